The van der Waals surface area contributed by atoms with Gasteiger partial charge in [0.25, 0.3) is 0 Å². The van der Waals surface area contributed by atoms with E-state index in [9.17, 15) is 5.11 Å². The summed E-state index contributed by atoms with van der Waals surface area (Å²) in [6.45, 7) is 1.81. The van der Waals surface area contributed by atoms with Gasteiger partial charge in [-0.2, -0.15) is 0 Å². The summed E-state index contributed by atoms with van der Waals surface area (Å²) in [5.74, 6) is -0.124. The zero-order valence-corrected chi connectivity index (χ0v) is 9.03. The van der Waals surface area contributed by atoms with Crippen molar-refractivity contribution >= 4 is 15.9 Å². The summed E-state index contributed by atoms with van der Waals surface area (Å²) in [6.07, 6.45) is -0.585. The molecule has 2 atom stereocenters. The number of hydrogen-bond donors (Lipinski definition) is 2. The Hall–Kier alpha value is -0.380. The molecule has 1 aromatic carbocycles. The lowest BCUT2D eigenvalue weighted by Crippen LogP contribution is -2.12. The van der Waals surface area contributed by atoms with Gasteiger partial charge in [0, 0.05) is 17.0 Å². The van der Waals surface area contributed by atoms with E-state index in [1.54, 1.807) is 0 Å². The fourth-order valence-corrected chi connectivity index (χ4v) is 1.35. The molecule has 0 amide bonds. The third-order valence-corrected chi connectivity index (χ3v) is 2.57. The van der Waals surface area contributed by atoms with Gasteiger partial charge < -0.3 is 10.2 Å². The van der Waals surface area contributed by atoms with E-state index < -0.39 is 6.10 Å². The highest BCUT2D eigenvalue weighted by Crippen LogP contribution is 2.22. The Kier molecular flexibility index (Phi) is 3.90. The van der Waals surface area contributed by atoms with Crippen molar-refractivity contribution in [2.45, 2.75) is 13.0 Å². The van der Waals surface area contributed by atoms with Crippen molar-refractivity contribution in [3.8, 4) is 0 Å². The Morgan fingerprint density at radius 2 is 1.85 bits per heavy atom. The minimum absolute atomic E-state index is 0.00275. The Morgan fingerprint density at radius 3 is 2.31 bits per heavy atom. The lowest BCUT2D eigenvalue weighted by atomic mass is 9.98. The molecule has 3 heteroatoms. The van der Waals surface area contributed by atoms with E-state index in [0.717, 1.165) is 10.0 Å². The molecule has 1 aromatic rings. The van der Waals surface area contributed by atoms with Gasteiger partial charge in [-0.05, 0) is 17.7 Å². The van der Waals surface area contributed by atoms with E-state index in [4.69, 9.17) is 5.11 Å². The second kappa shape index (κ2) is 4.74. The van der Waals surface area contributed by atoms with Crippen molar-refractivity contribution in [1.29, 1.82) is 0 Å². The lowest BCUT2D eigenvalue weighted by Gasteiger charge is -2.16. The number of benzene rings is 1. The number of rotatable bonds is 3. The van der Waals surface area contributed by atoms with Crippen LogP contribution in [0.15, 0.2) is 28.7 Å². The quantitative estimate of drug-likeness (QED) is 0.856. The number of aliphatic hydroxyl groups is 2. The molecule has 0 aliphatic rings. The smallest absolute Gasteiger partial charge is 0.0837 e. The van der Waals surface area contributed by atoms with Gasteiger partial charge >= 0.3 is 0 Å². The van der Waals surface area contributed by atoms with Crippen molar-refractivity contribution in [3.63, 3.8) is 0 Å². The van der Waals surface area contributed by atoms with E-state index >= 15 is 0 Å². The van der Waals surface area contributed by atoms with Crippen LogP contribution in [0.3, 0.4) is 0 Å². The Labute approximate surface area is 86.3 Å². The van der Waals surface area contributed by atoms with Gasteiger partial charge in [-0.3, -0.25) is 0 Å². The predicted octanol–water partition coefficient (Wildman–Crippen LogP) is 2.11. The number of aliphatic hydroxyl groups excluding tert-OH is 2. The van der Waals surface area contributed by atoms with Gasteiger partial charge in [-0.15, -0.1) is 0 Å². The Balaban J connectivity index is 2.77. The van der Waals surface area contributed by atoms with E-state index in [-0.39, 0.29) is 12.5 Å². The van der Waals surface area contributed by atoms with E-state index in [1.165, 1.54) is 0 Å². The van der Waals surface area contributed by atoms with Gasteiger partial charge in [0.1, 0.15) is 0 Å². The Bertz CT molecular complexity index is 258. The van der Waals surface area contributed by atoms with Crippen LogP contribution in [0, 0.1) is 5.92 Å². The molecule has 0 heterocycles. The van der Waals surface area contributed by atoms with E-state index in [1.807, 2.05) is 31.2 Å². The molecule has 0 bridgehead atoms. The molecule has 2 nitrogen and oxygen atoms in total. The van der Waals surface area contributed by atoms with Crippen LogP contribution in [-0.4, -0.2) is 16.8 Å². The van der Waals surface area contributed by atoms with Crippen LogP contribution in [0.5, 0.6) is 0 Å². The van der Waals surface area contributed by atoms with Gasteiger partial charge in [0.15, 0.2) is 0 Å². The first-order valence-corrected chi connectivity index (χ1v) is 4.99. The summed E-state index contributed by atoms with van der Waals surface area (Å²) in [5.41, 5.74) is 0.838. The molecule has 0 saturated carbocycles. The maximum absolute atomic E-state index is 9.70. The largest absolute Gasteiger partial charge is 0.396 e. The lowest BCUT2D eigenvalue weighted by molar-refractivity contribution is 0.0770. The topological polar surface area (TPSA) is 40.5 Å². The first kappa shape index (κ1) is 10.7. The average molecular weight is 245 g/mol. The summed E-state index contributed by atoms with van der Waals surface area (Å²) in [6, 6.07) is 7.45. The van der Waals surface area contributed by atoms with Crippen LogP contribution in [0.25, 0.3) is 0 Å². The third-order valence-electron chi connectivity index (χ3n) is 2.04. The molecular weight excluding hydrogens is 232 g/mol. The molecule has 0 aliphatic heterocycles. The number of hydrogen-bond acceptors (Lipinski definition) is 2. The summed E-state index contributed by atoms with van der Waals surface area (Å²) >= 11 is 3.32. The molecule has 2 N–H and O–H groups in total. The first-order chi connectivity index (χ1) is 6.15. The van der Waals surface area contributed by atoms with Gasteiger partial charge in [0.05, 0.1) is 6.10 Å². The van der Waals surface area contributed by atoms with Crippen LogP contribution >= 0.6 is 15.9 Å². The fourth-order valence-electron chi connectivity index (χ4n) is 1.09. The van der Waals surface area contributed by atoms with Crippen LogP contribution in [-0.2, 0) is 0 Å². The molecular formula is C10H13BrO2. The highest BCUT2D eigenvalue weighted by Gasteiger charge is 2.14. The molecule has 2 unspecified atom stereocenters. The summed E-state index contributed by atoms with van der Waals surface area (Å²) in [4.78, 5) is 0. The molecule has 72 valence electrons. The van der Waals surface area contributed by atoms with Gasteiger partial charge in [-0.1, -0.05) is 35.0 Å². The Morgan fingerprint density at radius 1 is 1.31 bits per heavy atom. The zero-order chi connectivity index (χ0) is 9.84. The van der Waals surface area contributed by atoms with Crippen LogP contribution in [0.1, 0.15) is 18.6 Å². The van der Waals surface area contributed by atoms with Crippen LogP contribution in [0.2, 0.25) is 0 Å². The molecule has 0 radical (unpaired) electrons. The average Bonchev–Trinajstić information content (AvgIpc) is 2.17. The van der Waals surface area contributed by atoms with E-state index in [0.29, 0.717) is 0 Å². The zero-order valence-electron chi connectivity index (χ0n) is 7.44. The molecule has 0 saturated heterocycles. The summed E-state index contributed by atoms with van der Waals surface area (Å²) in [5, 5.41) is 18.6. The van der Waals surface area contributed by atoms with Crippen molar-refractivity contribution in [2.24, 2.45) is 5.92 Å². The first-order valence-electron chi connectivity index (χ1n) is 4.19. The van der Waals surface area contributed by atoms with Crippen LogP contribution in [0.4, 0.5) is 0 Å². The highest BCUT2D eigenvalue weighted by molar-refractivity contribution is 9.10. The molecule has 1 rings (SSSR count). The highest BCUT2D eigenvalue weighted by atomic mass is 79.9. The minimum Gasteiger partial charge on any atom is -0.396 e. The molecule has 0 aliphatic carbocycles. The molecule has 13 heavy (non-hydrogen) atoms. The third kappa shape index (κ3) is 2.79. The van der Waals surface area contributed by atoms with Gasteiger partial charge in [0.2, 0.25) is 0 Å². The second-order valence-electron chi connectivity index (χ2n) is 3.16. The summed E-state index contributed by atoms with van der Waals surface area (Å²) in [7, 11) is 0. The van der Waals surface area contributed by atoms with Gasteiger partial charge in [-0.25, -0.2) is 0 Å². The maximum Gasteiger partial charge on any atom is 0.0837 e. The van der Waals surface area contributed by atoms with Crippen molar-refractivity contribution in [2.75, 3.05) is 6.61 Å². The van der Waals surface area contributed by atoms with Crippen LogP contribution < -0.4 is 0 Å². The normalized spacial score (nSPS) is 15.4. The maximum atomic E-state index is 9.70. The standard InChI is InChI=1S/C10H13BrO2/c1-7(6-12)10(13)8-2-4-9(11)5-3-8/h2-5,7,10,12-13H,6H2,1H3. The van der Waals surface area contributed by atoms with E-state index in [2.05, 4.69) is 15.9 Å². The second-order valence-corrected chi connectivity index (χ2v) is 4.07. The molecule has 0 spiro atoms. The molecule has 0 aromatic heterocycles. The summed E-state index contributed by atoms with van der Waals surface area (Å²) < 4.78 is 0.986. The van der Waals surface area contributed by atoms with Crippen molar-refractivity contribution in [3.05, 3.63) is 34.3 Å². The fraction of sp³-hybridized carbons (Fsp3) is 0.400. The minimum atomic E-state index is -0.585. The van der Waals surface area contributed by atoms with Crippen molar-refractivity contribution in [1.82, 2.24) is 0 Å². The molecule has 0 fully saturated rings. The SMILES string of the molecule is CC(CO)C(O)c1ccc(Br)cc1. The monoisotopic (exact) mass is 244 g/mol. The predicted molar refractivity (Wildman–Crippen MR) is 55.4 cm³/mol. The number of halogens is 1. The van der Waals surface area contributed by atoms with Crippen molar-refractivity contribution < 1.29 is 10.2 Å².